The monoisotopic (exact) mass is 320 g/mol. The Kier molecular flexibility index (Phi) is 4.16. The maximum Gasteiger partial charge on any atom is 0.406 e. The highest BCUT2D eigenvalue weighted by molar-refractivity contribution is 5.19. The fourth-order valence-electron chi connectivity index (χ4n) is 1.83. The van der Waals surface area contributed by atoms with Crippen LogP contribution in [-0.2, 0) is 13.1 Å². The van der Waals surface area contributed by atoms with E-state index in [4.69, 9.17) is 0 Å². The second-order valence-electron chi connectivity index (χ2n) is 4.52. The van der Waals surface area contributed by atoms with Crippen LogP contribution in [0.4, 0.5) is 22.0 Å². The number of hydrogen-bond donors (Lipinski definition) is 0. The van der Waals surface area contributed by atoms with Crippen LogP contribution in [0.3, 0.4) is 0 Å². The lowest BCUT2D eigenvalue weighted by Gasteiger charge is -2.11. The Labute approximate surface area is 120 Å². The maximum atomic E-state index is 13.5. The Morgan fingerprint density at radius 2 is 1.55 bits per heavy atom. The standard InChI is InChI=1S/C13H9F5N2O2/c14-9-1-2-10(15)8(5-9)6-19-3-4-20(7-13(16,17)18)12(22)11(19)21/h1-5H,6-7H2. The van der Waals surface area contributed by atoms with E-state index in [0.29, 0.717) is 4.57 Å². The third kappa shape index (κ3) is 3.60. The van der Waals surface area contributed by atoms with Crippen molar-refractivity contribution >= 4 is 0 Å². The molecule has 0 saturated carbocycles. The third-order valence-corrected chi connectivity index (χ3v) is 2.83. The highest BCUT2D eigenvalue weighted by Gasteiger charge is 2.28. The molecule has 1 aromatic heterocycles. The molecule has 0 spiro atoms. The second kappa shape index (κ2) is 5.74. The van der Waals surface area contributed by atoms with Crippen molar-refractivity contribution in [2.24, 2.45) is 0 Å². The molecule has 0 aliphatic heterocycles. The molecule has 0 bridgehead atoms. The fraction of sp³-hybridized carbons (Fsp3) is 0.231. The third-order valence-electron chi connectivity index (χ3n) is 2.83. The van der Waals surface area contributed by atoms with E-state index in [-0.39, 0.29) is 10.1 Å². The van der Waals surface area contributed by atoms with Gasteiger partial charge in [0, 0.05) is 18.0 Å². The summed E-state index contributed by atoms with van der Waals surface area (Å²) in [7, 11) is 0. The highest BCUT2D eigenvalue weighted by Crippen LogP contribution is 2.16. The molecule has 1 aromatic carbocycles. The van der Waals surface area contributed by atoms with E-state index in [2.05, 4.69) is 0 Å². The molecule has 0 amide bonds. The zero-order valence-electron chi connectivity index (χ0n) is 10.9. The van der Waals surface area contributed by atoms with E-state index in [1.807, 2.05) is 0 Å². The molecule has 0 aliphatic rings. The van der Waals surface area contributed by atoms with E-state index < -0.39 is 42.0 Å². The van der Waals surface area contributed by atoms with Gasteiger partial charge in [-0.15, -0.1) is 0 Å². The first-order chi connectivity index (χ1) is 10.2. The predicted octanol–water partition coefficient (Wildman–Crippen LogP) is 1.90. The summed E-state index contributed by atoms with van der Waals surface area (Å²) in [4.78, 5) is 23.3. The van der Waals surface area contributed by atoms with Gasteiger partial charge in [0.25, 0.3) is 0 Å². The zero-order valence-corrected chi connectivity index (χ0v) is 10.9. The van der Waals surface area contributed by atoms with Gasteiger partial charge in [0.15, 0.2) is 0 Å². The number of halogens is 5. The normalized spacial score (nSPS) is 11.7. The van der Waals surface area contributed by atoms with Crippen LogP contribution >= 0.6 is 0 Å². The summed E-state index contributed by atoms with van der Waals surface area (Å²) >= 11 is 0. The minimum atomic E-state index is -4.66. The van der Waals surface area contributed by atoms with Crippen molar-refractivity contribution in [1.82, 2.24) is 9.13 Å². The molecule has 1 heterocycles. The number of rotatable bonds is 3. The molecular weight excluding hydrogens is 311 g/mol. The molecule has 0 fully saturated rings. The second-order valence-corrected chi connectivity index (χ2v) is 4.52. The lowest BCUT2D eigenvalue weighted by Crippen LogP contribution is -2.42. The van der Waals surface area contributed by atoms with Crippen molar-refractivity contribution in [2.75, 3.05) is 0 Å². The minimum absolute atomic E-state index is 0.199. The van der Waals surface area contributed by atoms with E-state index in [1.165, 1.54) is 0 Å². The molecule has 2 aromatic rings. The molecule has 4 nitrogen and oxygen atoms in total. The average Bonchev–Trinajstić information content (AvgIpc) is 2.41. The number of benzene rings is 1. The van der Waals surface area contributed by atoms with Crippen molar-refractivity contribution in [3.8, 4) is 0 Å². The summed E-state index contributed by atoms with van der Waals surface area (Å²) in [5.74, 6) is -1.54. The summed E-state index contributed by atoms with van der Waals surface area (Å²) in [5, 5.41) is 0. The van der Waals surface area contributed by atoms with Crippen molar-refractivity contribution in [1.29, 1.82) is 0 Å². The van der Waals surface area contributed by atoms with Gasteiger partial charge in [-0.1, -0.05) is 0 Å². The van der Waals surface area contributed by atoms with E-state index >= 15 is 0 Å². The van der Waals surface area contributed by atoms with Crippen LogP contribution < -0.4 is 11.1 Å². The summed E-state index contributed by atoms with van der Waals surface area (Å²) in [6.07, 6.45) is -2.97. The number of alkyl halides is 3. The van der Waals surface area contributed by atoms with Crippen molar-refractivity contribution in [3.63, 3.8) is 0 Å². The molecule has 0 unspecified atom stereocenters. The van der Waals surface area contributed by atoms with Gasteiger partial charge in [-0.3, -0.25) is 9.59 Å². The summed E-state index contributed by atoms with van der Waals surface area (Å²) in [6, 6.07) is 2.56. The van der Waals surface area contributed by atoms with Crippen LogP contribution in [0, 0.1) is 11.6 Å². The van der Waals surface area contributed by atoms with Crippen LogP contribution in [0.25, 0.3) is 0 Å². The highest BCUT2D eigenvalue weighted by atomic mass is 19.4. The molecule has 22 heavy (non-hydrogen) atoms. The SMILES string of the molecule is O=c1c(=O)n(CC(F)(F)F)ccn1Cc1cc(F)ccc1F. The quantitative estimate of drug-likeness (QED) is 0.640. The molecular formula is C13H9F5N2O2. The van der Waals surface area contributed by atoms with Gasteiger partial charge in [0.05, 0.1) is 6.54 Å². The van der Waals surface area contributed by atoms with Gasteiger partial charge >= 0.3 is 17.3 Å². The fourth-order valence-corrected chi connectivity index (χ4v) is 1.83. The number of nitrogens with zero attached hydrogens (tertiary/aromatic N) is 2. The van der Waals surface area contributed by atoms with E-state index in [9.17, 15) is 31.5 Å². The van der Waals surface area contributed by atoms with Crippen LogP contribution in [-0.4, -0.2) is 15.3 Å². The van der Waals surface area contributed by atoms with Gasteiger partial charge in [-0.05, 0) is 18.2 Å². The zero-order chi connectivity index (χ0) is 16.5. The number of hydrogen-bond acceptors (Lipinski definition) is 2. The Bertz CT molecular complexity index is 807. The Morgan fingerprint density at radius 1 is 0.955 bits per heavy atom. The van der Waals surface area contributed by atoms with Crippen LogP contribution in [0.2, 0.25) is 0 Å². The van der Waals surface area contributed by atoms with Crippen molar-refractivity contribution in [3.05, 3.63) is 68.5 Å². The van der Waals surface area contributed by atoms with Crippen molar-refractivity contribution < 1.29 is 22.0 Å². The van der Waals surface area contributed by atoms with E-state index in [0.717, 1.165) is 30.6 Å². The van der Waals surface area contributed by atoms with Gasteiger partial charge in [0.1, 0.15) is 18.2 Å². The number of aromatic nitrogens is 2. The van der Waals surface area contributed by atoms with Gasteiger partial charge in [0.2, 0.25) is 0 Å². The minimum Gasteiger partial charge on any atom is -0.305 e. The Morgan fingerprint density at radius 3 is 2.18 bits per heavy atom. The molecule has 118 valence electrons. The van der Waals surface area contributed by atoms with Crippen LogP contribution in [0.1, 0.15) is 5.56 Å². The average molecular weight is 320 g/mol. The van der Waals surface area contributed by atoms with Crippen LogP contribution in [0.5, 0.6) is 0 Å². The summed E-state index contributed by atoms with van der Waals surface area (Å²) in [6.45, 7) is -2.07. The van der Waals surface area contributed by atoms with E-state index in [1.54, 1.807) is 0 Å². The summed E-state index contributed by atoms with van der Waals surface area (Å²) < 4.78 is 64.1. The molecule has 2 rings (SSSR count). The molecule has 0 N–H and O–H groups in total. The van der Waals surface area contributed by atoms with Gasteiger partial charge in [-0.25, -0.2) is 8.78 Å². The van der Waals surface area contributed by atoms with Crippen molar-refractivity contribution in [2.45, 2.75) is 19.3 Å². The predicted molar refractivity (Wildman–Crippen MR) is 66.5 cm³/mol. The smallest absolute Gasteiger partial charge is 0.305 e. The molecule has 0 saturated heterocycles. The molecule has 0 aliphatic carbocycles. The summed E-state index contributed by atoms with van der Waals surface area (Å²) in [5.41, 5.74) is -2.85. The Balaban J connectivity index is 2.38. The molecule has 9 heteroatoms. The van der Waals surface area contributed by atoms with Crippen LogP contribution in [0.15, 0.2) is 40.2 Å². The Hall–Kier alpha value is -2.45. The van der Waals surface area contributed by atoms with Gasteiger partial charge in [-0.2, -0.15) is 13.2 Å². The molecule has 0 atom stereocenters. The first kappa shape index (κ1) is 15.9. The molecule has 0 radical (unpaired) electrons. The largest absolute Gasteiger partial charge is 0.406 e. The first-order valence-electron chi connectivity index (χ1n) is 5.98. The van der Waals surface area contributed by atoms with Gasteiger partial charge < -0.3 is 9.13 Å². The first-order valence-corrected chi connectivity index (χ1v) is 5.98. The maximum absolute atomic E-state index is 13.5. The lowest BCUT2D eigenvalue weighted by molar-refractivity contribution is -0.141. The lowest BCUT2D eigenvalue weighted by atomic mass is 10.2. The topological polar surface area (TPSA) is 44.0 Å².